The van der Waals surface area contributed by atoms with Crippen LogP contribution in [0, 0.1) is 6.92 Å². The number of methoxy groups -OCH3 is 1. The molecule has 8 nitrogen and oxygen atoms in total. The summed E-state index contributed by atoms with van der Waals surface area (Å²) in [6.07, 6.45) is 1.73. The Hall–Kier alpha value is -1.94. The van der Waals surface area contributed by atoms with Gasteiger partial charge in [0.1, 0.15) is 0 Å². The second-order valence-electron chi connectivity index (χ2n) is 5.76. The summed E-state index contributed by atoms with van der Waals surface area (Å²) in [5, 5.41) is 3.43. The molecule has 0 spiro atoms. The van der Waals surface area contributed by atoms with E-state index in [9.17, 15) is 0 Å². The van der Waals surface area contributed by atoms with Gasteiger partial charge in [0.2, 0.25) is 11.8 Å². The number of ether oxygens (including phenoxy) is 1. The van der Waals surface area contributed by atoms with Gasteiger partial charge in [-0.2, -0.15) is 4.98 Å². The number of aliphatic imine (C=N–C) groups is 1. The molecule has 0 bridgehead atoms. The van der Waals surface area contributed by atoms with Crippen LogP contribution in [0.2, 0.25) is 0 Å². The van der Waals surface area contributed by atoms with E-state index in [0.29, 0.717) is 11.8 Å². The van der Waals surface area contributed by atoms with Crippen LogP contribution >= 0.6 is 27.3 Å². The molecule has 1 aliphatic rings. The molecule has 140 valence electrons. The fraction of sp³-hybridized carbons (Fsp3) is 0.500. The Kier molecular flexibility index (Phi) is 6.25. The normalized spacial score (nSPS) is 15.3. The largest absolute Gasteiger partial charge is 0.480 e. The smallest absolute Gasteiger partial charge is 0.232 e. The first kappa shape index (κ1) is 18.8. The lowest BCUT2D eigenvalue weighted by Gasteiger charge is -2.36. The van der Waals surface area contributed by atoms with E-state index in [-0.39, 0.29) is 0 Å². The molecule has 1 fully saturated rings. The average Bonchev–Trinajstić information content (AvgIpc) is 3.08. The van der Waals surface area contributed by atoms with Gasteiger partial charge in [0.15, 0.2) is 5.96 Å². The maximum Gasteiger partial charge on any atom is 0.232 e. The highest BCUT2D eigenvalue weighted by molar-refractivity contribution is 9.10. The predicted octanol–water partition coefficient (Wildman–Crippen LogP) is 1.91. The Labute approximate surface area is 165 Å². The topological polar surface area (TPSA) is 78.8 Å². The van der Waals surface area contributed by atoms with E-state index in [2.05, 4.69) is 51.0 Å². The Bertz CT molecular complexity index is 774. The van der Waals surface area contributed by atoms with Crippen LogP contribution in [0.3, 0.4) is 0 Å². The van der Waals surface area contributed by atoms with Crippen molar-refractivity contribution in [2.24, 2.45) is 4.99 Å². The third-order valence-corrected chi connectivity index (χ3v) is 5.70. The first-order valence-electron chi connectivity index (χ1n) is 8.28. The monoisotopic (exact) mass is 439 g/mol. The van der Waals surface area contributed by atoms with Crippen molar-refractivity contribution < 1.29 is 4.74 Å². The van der Waals surface area contributed by atoms with Crippen molar-refractivity contribution in [3.05, 3.63) is 26.8 Å². The van der Waals surface area contributed by atoms with Crippen LogP contribution in [0.25, 0.3) is 0 Å². The van der Waals surface area contributed by atoms with Gasteiger partial charge in [-0.3, -0.25) is 4.99 Å². The SMILES string of the molecule is CN=C(NCc1scnc1C)N1CCN(c2ncc(Br)c(OC)n2)CC1. The minimum atomic E-state index is 0.551. The first-order chi connectivity index (χ1) is 12.6. The molecule has 10 heteroatoms. The maximum absolute atomic E-state index is 5.26. The van der Waals surface area contributed by atoms with Gasteiger partial charge in [0.25, 0.3) is 0 Å². The molecule has 2 aromatic heterocycles. The second kappa shape index (κ2) is 8.63. The Balaban J connectivity index is 1.57. The van der Waals surface area contributed by atoms with Gasteiger partial charge in [-0.05, 0) is 22.9 Å². The average molecular weight is 440 g/mol. The van der Waals surface area contributed by atoms with Crippen molar-refractivity contribution in [1.29, 1.82) is 0 Å². The van der Waals surface area contributed by atoms with Crippen molar-refractivity contribution in [3.63, 3.8) is 0 Å². The van der Waals surface area contributed by atoms with Gasteiger partial charge in [-0.25, -0.2) is 9.97 Å². The summed E-state index contributed by atoms with van der Waals surface area (Å²) in [4.78, 5) is 23.2. The van der Waals surface area contributed by atoms with Crippen LogP contribution < -0.4 is 15.0 Å². The molecule has 3 rings (SSSR count). The lowest BCUT2D eigenvalue weighted by molar-refractivity contribution is 0.366. The lowest BCUT2D eigenvalue weighted by atomic mass is 10.3. The van der Waals surface area contributed by atoms with Crippen LogP contribution in [0.5, 0.6) is 5.88 Å². The van der Waals surface area contributed by atoms with Crippen molar-refractivity contribution in [2.45, 2.75) is 13.5 Å². The van der Waals surface area contributed by atoms with Crippen LogP contribution in [-0.2, 0) is 6.54 Å². The van der Waals surface area contributed by atoms with Gasteiger partial charge in [-0.15, -0.1) is 11.3 Å². The number of anilines is 1. The third-order valence-electron chi connectivity index (χ3n) is 4.22. The standard InChI is InChI=1S/C16H22BrN7OS/c1-11-13(26-10-21-11)9-20-15(18-2)23-4-6-24(7-5-23)16-19-8-12(17)14(22-16)25-3/h8,10H,4-7,9H2,1-3H3,(H,18,20). The predicted molar refractivity (Wildman–Crippen MR) is 107 cm³/mol. The van der Waals surface area contributed by atoms with Crippen molar-refractivity contribution >= 4 is 39.2 Å². The van der Waals surface area contributed by atoms with Crippen LogP contribution in [-0.4, -0.2) is 66.1 Å². The molecule has 1 N–H and O–H groups in total. The molecule has 0 aromatic carbocycles. The number of guanidine groups is 1. The zero-order valence-electron chi connectivity index (χ0n) is 15.1. The Morgan fingerprint density at radius 1 is 1.35 bits per heavy atom. The molecule has 0 radical (unpaired) electrons. The van der Waals surface area contributed by atoms with Crippen molar-refractivity contribution in [1.82, 2.24) is 25.2 Å². The number of nitrogens with one attached hydrogen (secondary N) is 1. The highest BCUT2D eigenvalue weighted by Gasteiger charge is 2.22. The van der Waals surface area contributed by atoms with Crippen LogP contribution in [0.4, 0.5) is 5.95 Å². The summed E-state index contributed by atoms with van der Waals surface area (Å²) in [5.74, 6) is 2.15. The molecule has 1 saturated heterocycles. The fourth-order valence-corrected chi connectivity index (χ4v) is 3.81. The summed E-state index contributed by atoms with van der Waals surface area (Å²) >= 11 is 5.05. The van der Waals surface area contributed by atoms with Gasteiger partial charge < -0.3 is 19.9 Å². The summed E-state index contributed by atoms with van der Waals surface area (Å²) in [6, 6.07) is 0. The van der Waals surface area contributed by atoms with Crippen molar-refractivity contribution in [3.8, 4) is 5.88 Å². The van der Waals surface area contributed by atoms with Crippen molar-refractivity contribution in [2.75, 3.05) is 45.2 Å². The van der Waals surface area contributed by atoms with Gasteiger partial charge >= 0.3 is 0 Å². The van der Waals surface area contributed by atoms with E-state index in [1.54, 1.807) is 24.6 Å². The zero-order chi connectivity index (χ0) is 18.5. The number of hydrogen-bond acceptors (Lipinski definition) is 7. The molecule has 0 amide bonds. The van der Waals surface area contributed by atoms with E-state index >= 15 is 0 Å². The number of piperazine rings is 1. The van der Waals surface area contributed by atoms with E-state index < -0.39 is 0 Å². The Morgan fingerprint density at radius 3 is 2.73 bits per heavy atom. The van der Waals surface area contributed by atoms with E-state index in [0.717, 1.165) is 48.8 Å². The number of aromatic nitrogens is 3. The number of thiazole rings is 1. The lowest BCUT2D eigenvalue weighted by Crippen LogP contribution is -2.52. The molecule has 1 aliphatic heterocycles. The molecular formula is C16H22BrN7OS. The molecule has 3 heterocycles. The molecule has 0 atom stereocenters. The van der Waals surface area contributed by atoms with E-state index in [1.807, 2.05) is 19.5 Å². The van der Waals surface area contributed by atoms with Gasteiger partial charge in [-0.1, -0.05) is 0 Å². The minimum Gasteiger partial charge on any atom is -0.480 e. The van der Waals surface area contributed by atoms with Gasteiger partial charge in [0, 0.05) is 38.1 Å². The minimum absolute atomic E-state index is 0.551. The Morgan fingerprint density at radius 2 is 2.12 bits per heavy atom. The van der Waals surface area contributed by atoms with Crippen LogP contribution in [0.1, 0.15) is 10.6 Å². The maximum atomic E-state index is 5.26. The zero-order valence-corrected chi connectivity index (χ0v) is 17.5. The summed E-state index contributed by atoms with van der Waals surface area (Å²) in [7, 11) is 3.42. The van der Waals surface area contributed by atoms with E-state index in [1.165, 1.54) is 4.88 Å². The molecule has 26 heavy (non-hydrogen) atoms. The highest BCUT2D eigenvalue weighted by atomic mass is 79.9. The van der Waals surface area contributed by atoms with Crippen LogP contribution in [0.15, 0.2) is 21.2 Å². The quantitative estimate of drug-likeness (QED) is 0.575. The molecule has 0 aliphatic carbocycles. The highest BCUT2D eigenvalue weighted by Crippen LogP contribution is 2.23. The number of hydrogen-bond donors (Lipinski definition) is 1. The second-order valence-corrected chi connectivity index (χ2v) is 7.56. The molecule has 0 unspecified atom stereocenters. The molecule has 0 saturated carbocycles. The first-order valence-corrected chi connectivity index (χ1v) is 9.95. The number of nitrogens with zero attached hydrogens (tertiary/aromatic N) is 6. The third kappa shape index (κ3) is 4.24. The van der Waals surface area contributed by atoms with Gasteiger partial charge in [0.05, 0.1) is 35.5 Å². The molecular weight excluding hydrogens is 418 g/mol. The fourth-order valence-electron chi connectivity index (χ4n) is 2.74. The summed E-state index contributed by atoms with van der Waals surface area (Å²) in [5.41, 5.74) is 2.95. The van der Waals surface area contributed by atoms with E-state index in [4.69, 9.17) is 4.74 Å². The summed E-state index contributed by atoms with van der Waals surface area (Å²) < 4.78 is 6.02. The number of aryl methyl sites for hydroxylation is 1. The summed E-state index contributed by atoms with van der Waals surface area (Å²) in [6.45, 7) is 6.13. The number of halogens is 1. The molecule has 2 aromatic rings. The number of rotatable bonds is 4.